The summed E-state index contributed by atoms with van der Waals surface area (Å²) < 4.78 is 41.4. The van der Waals surface area contributed by atoms with Crippen molar-refractivity contribution in [3.63, 3.8) is 0 Å². The molecule has 4 heterocycles. The second kappa shape index (κ2) is 7.11. The number of nitrogens with zero attached hydrogens (tertiary/aromatic N) is 4. The van der Waals surface area contributed by atoms with Gasteiger partial charge in [0.1, 0.15) is 11.3 Å². The molecule has 152 valence electrons. The van der Waals surface area contributed by atoms with E-state index in [4.69, 9.17) is 0 Å². The Bertz CT molecular complexity index is 1150. The average molecular weight is 415 g/mol. The standard InChI is InChI=1S/C21H23FN4O2S/c22-16-4-1-5-18(14-16)29(27,28)26-15-20(21-19(26)6-2-9-23-21)25-12-7-17(8-13-25)24-10-3-11-24/h1-2,4-6,9,14-15,17H,3,7-8,10-13H2. The van der Waals surface area contributed by atoms with Gasteiger partial charge in [-0.3, -0.25) is 4.98 Å². The third-order valence-electron chi connectivity index (χ3n) is 6.07. The van der Waals surface area contributed by atoms with Crippen molar-refractivity contribution in [1.82, 2.24) is 13.9 Å². The Balaban J connectivity index is 1.52. The smallest absolute Gasteiger partial charge is 0.268 e. The summed E-state index contributed by atoms with van der Waals surface area (Å²) in [5.41, 5.74) is 1.99. The van der Waals surface area contributed by atoms with E-state index in [0.717, 1.165) is 37.7 Å². The van der Waals surface area contributed by atoms with Gasteiger partial charge in [-0.05, 0) is 62.7 Å². The topological polar surface area (TPSA) is 58.4 Å². The Morgan fingerprint density at radius 1 is 1.03 bits per heavy atom. The van der Waals surface area contributed by atoms with Gasteiger partial charge in [0.25, 0.3) is 10.0 Å². The minimum absolute atomic E-state index is 0.0682. The van der Waals surface area contributed by atoms with Crippen LogP contribution in [0.1, 0.15) is 19.3 Å². The number of aromatic nitrogens is 2. The zero-order valence-corrected chi connectivity index (χ0v) is 16.9. The highest BCUT2D eigenvalue weighted by Crippen LogP contribution is 2.33. The van der Waals surface area contributed by atoms with Crippen molar-refractivity contribution < 1.29 is 12.8 Å². The largest absolute Gasteiger partial charge is 0.368 e. The van der Waals surface area contributed by atoms with E-state index >= 15 is 0 Å². The van der Waals surface area contributed by atoms with Gasteiger partial charge in [-0.2, -0.15) is 0 Å². The lowest BCUT2D eigenvalue weighted by Gasteiger charge is -2.43. The molecule has 3 aromatic rings. The van der Waals surface area contributed by atoms with E-state index in [1.807, 2.05) is 0 Å². The number of rotatable bonds is 4. The normalized spacial score (nSPS) is 18.9. The molecule has 2 aromatic heterocycles. The highest BCUT2D eigenvalue weighted by Gasteiger charge is 2.30. The summed E-state index contributed by atoms with van der Waals surface area (Å²) in [4.78, 5) is 9.16. The number of likely N-dealkylation sites (tertiary alicyclic amines) is 1. The lowest BCUT2D eigenvalue weighted by atomic mass is 9.99. The van der Waals surface area contributed by atoms with Crippen LogP contribution in [-0.4, -0.2) is 54.5 Å². The number of benzene rings is 1. The van der Waals surface area contributed by atoms with Gasteiger partial charge in [0.15, 0.2) is 0 Å². The molecule has 0 amide bonds. The fraction of sp³-hybridized carbons (Fsp3) is 0.381. The van der Waals surface area contributed by atoms with Crippen molar-refractivity contribution in [3.8, 4) is 0 Å². The van der Waals surface area contributed by atoms with Crippen LogP contribution in [0.15, 0.2) is 53.7 Å². The first-order chi connectivity index (χ1) is 14.0. The van der Waals surface area contributed by atoms with Crippen molar-refractivity contribution in [3.05, 3.63) is 54.6 Å². The van der Waals surface area contributed by atoms with Crippen molar-refractivity contribution in [2.24, 2.45) is 0 Å². The molecule has 6 nitrogen and oxygen atoms in total. The van der Waals surface area contributed by atoms with Crippen molar-refractivity contribution in [1.29, 1.82) is 0 Å². The SMILES string of the molecule is O=S(=O)(c1cccc(F)c1)n1cc(N2CCC(N3CCC3)CC2)c2ncccc21. The predicted octanol–water partition coefficient (Wildman–Crippen LogP) is 3.09. The molecule has 1 aromatic carbocycles. The van der Waals surface area contributed by atoms with Crippen molar-refractivity contribution in [2.75, 3.05) is 31.1 Å². The average Bonchev–Trinajstić information content (AvgIpc) is 3.08. The Hall–Kier alpha value is -2.45. The molecule has 8 heteroatoms. The van der Waals surface area contributed by atoms with Gasteiger partial charge in [-0.15, -0.1) is 0 Å². The molecule has 2 saturated heterocycles. The monoisotopic (exact) mass is 414 g/mol. The molecule has 0 N–H and O–H groups in total. The molecule has 0 aliphatic carbocycles. The summed E-state index contributed by atoms with van der Waals surface area (Å²) in [7, 11) is -3.92. The molecule has 0 bridgehead atoms. The summed E-state index contributed by atoms with van der Waals surface area (Å²) in [5, 5.41) is 0. The molecule has 29 heavy (non-hydrogen) atoms. The van der Waals surface area contributed by atoms with Crippen LogP contribution in [0.3, 0.4) is 0 Å². The summed E-state index contributed by atoms with van der Waals surface area (Å²) in [6.07, 6.45) is 6.74. The maximum absolute atomic E-state index is 13.7. The summed E-state index contributed by atoms with van der Waals surface area (Å²) in [5.74, 6) is -0.575. The van der Waals surface area contributed by atoms with Crippen LogP contribution in [-0.2, 0) is 10.0 Å². The Labute approximate surface area is 169 Å². The molecule has 5 rings (SSSR count). The first-order valence-corrected chi connectivity index (χ1v) is 11.4. The maximum atomic E-state index is 13.7. The fourth-order valence-electron chi connectivity index (χ4n) is 4.36. The number of piperidine rings is 1. The van der Waals surface area contributed by atoms with Crippen LogP contribution < -0.4 is 4.90 Å². The minimum atomic E-state index is -3.92. The van der Waals surface area contributed by atoms with E-state index in [1.54, 1.807) is 24.5 Å². The van der Waals surface area contributed by atoms with Gasteiger partial charge in [-0.25, -0.2) is 16.8 Å². The van der Waals surface area contributed by atoms with Crippen LogP contribution >= 0.6 is 0 Å². The van der Waals surface area contributed by atoms with Crippen molar-refractivity contribution in [2.45, 2.75) is 30.2 Å². The molecule has 0 unspecified atom stereocenters. The summed E-state index contributed by atoms with van der Waals surface area (Å²) in [6.45, 7) is 4.13. The van der Waals surface area contributed by atoms with Crippen LogP contribution in [0.5, 0.6) is 0 Å². The Kier molecular flexibility index (Phi) is 4.55. The molecule has 2 aliphatic rings. The van der Waals surface area contributed by atoms with Gasteiger partial charge >= 0.3 is 0 Å². The zero-order valence-electron chi connectivity index (χ0n) is 16.0. The summed E-state index contributed by atoms with van der Waals surface area (Å²) >= 11 is 0. The molecule has 0 atom stereocenters. The third-order valence-corrected chi connectivity index (χ3v) is 7.74. The number of hydrogen-bond acceptors (Lipinski definition) is 5. The maximum Gasteiger partial charge on any atom is 0.268 e. The van der Waals surface area contributed by atoms with E-state index in [1.165, 1.54) is 41.7 Å². The van der Waals surface area contributed by atoms with Gasteiger partial charge in [0, 0.05) is 31.5 Å². The summed E-state index contributed by atoms with van der Waals surface area (Å²) in [6, 6.07) is 9.21. The minimum Gasteiger partial charge on any atom is -0.368 e. The lowest BCUT2D eigenvalue weighted by molar-refractivity contribution is 0.100. The van der Waals surface area contributed by atoms with Crippen LogP contribution in [0, 0.1) is 5.82 Å². The fourth-order valence-corrected chi connectivity index (χ4v) is 5.75. The molecular weight excluding hydrogens is 391 g/mol. The first-order valence-electron chi connectivity index (χ1n) is 10.0. The van der Waals surface area contributed by atoms with E-state index in [-0.39, 0.29) is 4.90 Å². The number of pyridine rings is 1. The molecular formula is C21H23FN4O2S. The Morgan fingerprint density at radius 2 is 1.83 bits per heavy atom. The van der Waals surface area contributed by atoms with Gasteiger partial charge in [0.2, 0.25) is 0 Å². The highest BCUT2D eigenvalue weighted by molar-refractivity contribution is 7.90. The van der Waals surface area contributed by atoms with Crippen LogP contribution in [0.25, 0.3) is 11.0 Å². The van der Waals surface area contributed by atoms with Gasteiger partial charge in [-0.1, -0.05) is 6.07 Å². The van der Waals surface area contributed by atoms with Crippen LogP contribution in [0.2, 0.25) is 0 Å². The second-order valence-corrected chi connectivity index (χ2v) is 9.57. The van der Waals surface area contributed by atoms with E-state index in [0.29, 0.717) is 17.1 Å². The van der Waals surface area contributed by atoms with Gasteiger partial charge < -0.3 is 9.80 Å². The lowest BCUT2D eigenvalue weighted by Crippen LogP contribution is -2.50. The molecule has 2 aliphatic heterocycles. The van der Waals surface area contributed by atoms with Gasteiger partial charge in [0.05, 0.1) is 16.1 Å². The molecule has 2 fully saturated rings. The number of halogens is 1. The Morgan fingerprint density at radius 3 is 2.52 bits per heavy atom. The van der Waals surface area contributed by atoms with Crippen molar-refractivity contribution >= 4 is 26.7 Å². The second-order valence-electron chi connectivity index (χ2n) is 7.75. The molecule has 0 radical (unpaired) electrons. The van der Waals surface area contributed by atoms with Crippen LogP contribution in [0.4, 0.5) is 10.1 Å². The molecule has 0 spiro atoms. The first kappa shape index (κ1) is 18.6. The van der Waals surface area contributed by atoms with E-state index < -0.39 is 15.8 Å². The zero-order chi connectivity index (χ0) is 20.0. The van der Waals surface area contributed by atoms with E-state index in [9.17, 15) is 12.8 Å². The highest BCUT2D eigenvalue weighted by atomic mass is 32.2. The quantitative estimate of drug-likeness (QED) is 0.657. The molecule has 0 saturated carbocycles. The predicted molar refractivity (Wildman–Crippen MR) is 110 cm³/mol. The number of anilines is 1. The third kappa shape index (κ3) is 3.20. The number of hydrogen-bond donors (Lipinski definition) is 0. The number of fused-ring (bicyclic) bond motifs is 1. The van der Waals surface area contributed by atoms with E-state index in [2.05, 4.69) is 14.8 Å².